The van der Waals surface area contributed by atoms with Crippen molar-refractivity contribution in [2.75, 3.05) is 13.2 Å². The summed E-state index contributed by atoms with van der Waals surface area (Å²) < 4.78 is 1.64. The molecule has 6 heteroatoms. The maximum atomic E-state index is 8.77. The first kappa shape index (κ1) is 14.0. The largest absolute Gasteiger partial charge is 0.394 e. The maximum absolute atomic E-state index is 8.77. The van der Waals surface area contributed by atoms with E-state index in [1.54, 1.807) is 4.68 Å². The highest BCUT2D eigenvalue weighted by molar-refractivity contribution is 6.30. The van der Waals surface area contributed by atoms with Gasteiger partial charge in [0.2, 0.25) is 0 Å². The predicted molar refractivity (Wildman–Crippen MR) is 74.0 cm³/mol. The molecule has 0 fully saturated rings. The summed E-state index contributed by atoms with van der Waals surface area (Å²) in [5.74, 6) is 0. The lowest BCUT2D eigenvalue weighted by atomic mass is 10.1. The molecule has 0 saturated heterocycles. The number of aliphatic hydroxyl groups is 1. The second kappa shape index (κ2) is 7.23. The zero-order valence-electron chi connectivity index (χ0n) is 10.6. The first-order valence-electron chi connectivity index (χ1n) is 6.23. The van der Waals surface area contributed by atoms with Gasteiger partial charge in [0.25, 0.3) is 0 Å². The molecule has 5 nitrogen and oxygen atoms in total. The van der Waals surface area contributed by atoms with Gasteiger partial charge in [-0.2, -0.15) is 0 Å². The first-order chi connectivity index (χ1) is 9.28. The lowest BCUT2D eigenvalue weighted by molar-refractivity contribution is 0.268. The molecule has 1 aromatic carbocycles. The van der Waals surface area contributed by atoms with Gasteiger partial charge in [0.15, 0.2) is 0 Å². The van der Waals surface area contributed by atoms with Gasteiger partial charge in [-0.1, -0.05) is 28.9 Å². The lowest BCUT2D eigenvalue weighted by Gasteiger charge is -2.03. The average Bonchev–Trinajstić information content (AvgIpc) is 2.85. The summed E-state index contributed by atoms with van der Waals surface area (Å²) in [5, 5.41) is 20.8. The molecule has 0 saturated carbocycles. The van der Waals surface area contributed by atoms with Crippen LogP contribution in [0.5, 0.6) is 0 Å². The van der Waals surface area contributed by atoms with Crippen molar-refractivity contribution in [3.05, 3.63) is 46.7 Å². The fraction of sp³-hybridized carbons (Fsp3) is 0.385. The zero-order valence-corrected chi connectivity index (χ0v) is 11.3. The number of rotatable bonds is 7. The van der Waals surface area contributed by atoms with Crippen molar-refractivity contribution in [2.24, 2.45) is 0 Å². The molecular weight excluding hydrogens is 264 g/mol. The molecule has 0 radical (unpaired) electrons. The minimum Gasteiger partial charge on any atom is -0.394 e. The van der Waals surface area contributed by atoms with Crippen LogP contribution in [0.1, 0.15) is 11.3 Å². The van der Waals surface area contributed by atoms with E-state index in [1.165, 1.54) is 5.56 Å². The Balaban J connectivity index is 1.69. The average molecular weight is 281 g/mol. The highest BCUT2D eigenvalue weighted by atomic mass is 35.5. The van der Waals surface area contributed by atoms with E-state index < -0.39 is 0 Å². The molecule has 0 aliphatic rings. The van der Waals surface area contributed by atoms with Crippen molar-refractivity contribution in [3.8, 4) is 0 Å². The van der Waals surface area contributed by atoms with Crippen molar-refractivity contribution in [1.29, 1.82) is 0 Å². The molecular formula is C13H17ClN4O. The number of aliphatic hydroxyl groups excluding tert-OH is 1. The van der Waals surface area contributed by atoms with E-state index in [0.29, 0.717) is 13.1 Å². The molecule has 2 N–H and O–H groups in total. The molecule has 102 valence electrons. The molecule has 2 aromatic rings. The van der Waals surface area contributed by atoms with Crippen LogP contribution >= 0.6 is 11.6 Å². The standard InChI is InChI=1S/C13H17ClN4O/c14-12-3-1-11(2-4-12)5-6-15-9-13-10-18(7-8-19)17-16-13/h1-4,10,15,19H,5-9H2. The Labute approximate surface area is 117 Å². The molecule has 2 rings (SSSR count). The van der Waals surface area contributed by atoms with Gasteiger partial charge >= 0.3 is 0 Å². The number of hydrogen-bond acceptors (Lipinski definition) is 4. The lowest BCUT2D eigenvalue weighted by Crippen LogP contribution is -2.16. The Kier molecular flexibility index (Phi) is 5.32. The van der Waals surface area contributed by atoms with Crippen LogP contribution in [0.4, 0.5) is 0 Å². The van der Waals surface area contributed by atoms with Crippen LogP contribution in [-0.2, 0) is 19.5 Å². The fourth-order valence-electron chi connectivity index (χ4n) is 1.73. The van der Waals surface area contributed by atoms with E-state index in [-0.39, 0.29) is 6.61 Å². The van der Waals surface area contributed by atoms with Gasteiger partial charge in [0, 0.05) is 17.8 Å². The normalized spacial score (nSPS) is 10.8. The van der Waals surface area contributed by atoms with Gasteiger partial charge < -0.3 is 10.4 Å². The second-order valence-electron chi connectivity index (χ2n) is 4.25. The van der Waals surface area contributed by atoms with Crippen LogP contribution < -0.4 is 5.32 Å². The summed E-state index contributed by atoms with van der Waals surface area (Å²) in [7, 11) is 0. The second-order valence-corrected chi connectivity index (χ2v) is 4.69. The number of aromatic nitrogens is 3. The highest BCUT2D eigenvalue weighted by Gasteiger charge is 2.00. The number of nitrogens with one attached hydrogen (secondary N) is 1. The molecule has 0 amide bonds. The topological polar surface area (TPSA) is 63.0 Å². The van der Waals surface area contributed by atoms with Gasteiger partial charge in [-0.05, 0) is 30.7 Å². The van der Waals surface area contributed by atoms with E-state index in [9.17, 15) is 0 Å². The number of nitrogens with zero attached hydrogens (tertiary/aromatic N) is 3. The van der Waals surface area contributed by atoms with Crippen LogP contribution in [0.2, 0.25) is 5.02 Å². The molecule has 0 atom stereocenters. The van der Waals surface area contributed by atoms with Crippen LogP contribution in [0, 0.1) is 0 Å². The molecule has 0 aliphatic carbocycles. The Morgan fingerprint density at radius 1 is 1.26 bits per heavy atom. The zero-order chi connectivity index (χ0) is 13.5. The minimum absolute atomic E-state index is 0.0762. The van der Waals surface area contributed by atoms with Crippen LogP contribution in [0.25, 0.3) is 0 Å². The van der Waals surface area contributed by atoms with Crippen LogP contribution in [0.15, 0.2) is 30.5 Å². The third-order valence-electron chi connectivity index (χ3n) is 2.73. The van der Waals surface area contributed by atoms with E-state index in [0.717, 1.165) is 23.7 Å². The maximum Gasteiger partial charge on any atom is 0.0964 e. The first-order valence-corrected chi connectivity index (χ1v) is 6.61. The Bertz CT molecular complexity index is 498. The molecule has 0 bridgehead atoms. The molecule has 0 aliphatic heterocycles. The smallest absolute Gasteiger partial charge is 0.0964 e. The van der Waals surface area contributed by atoms with Crippen LogP contribution in [-0.4, -0.2) is 33.3 Å². The molecule has 19 heavy (non-hydrogen) atoms. The minimum atomic E-state index is 0.0762. The van der Waals surface area contributed by atoms with E-state index >= 15 is 0 Å². The van der Waals surface area contributed by atoms with E-state index in [1.807, 2.05) is 30.5 Å². The summed E-state index contributed by atoms with van der Waals surface area (Å²) in [4.78, 5) is 0. The van der Waals surface area contributed by atoms with E-state index in [4.69, 9.17) is 16.7 Å². The van der Waals surface area contributed by atoms with Gasteiger partial charge in [0.1, 0.15) is 0 Å². The third-order valence-corrected chi connectivity index (χ3v) is 2.98. The van der Waals surface area contributed by atoms with Crippen molar-refractivity contribution in [3.63, 3.8) is 0 Å². The van der Waals surface area contributed by atoms with Crippen molar-refractivity contribution in [1.82, 2.24) is 20.3 Å². The van der Waals surface area contributed by atoms with E-state index in [2.05, 4.69) is 15.6 Å². The van der Waals surface area contributed by atoms with Gasteiger partial charge in [-0.25, -0.2) is 4.68 Å². The quantitative estimate of drug-likeness (QED) is 0.750. The molecule has 0 unspecified atom stereocenters. The Hall–Kier alpha value is -1.43. The summed E-state index contributed by atoms with van der Waals surface area (Å²) in [5.41, 5.74) is 2.13. The fourth-order valence-corrected chi connectivity index (χ4v) is 1.86. The van der Waals surface area contributed by atoms with Gasteiger partial charge in [-0.3, -0.25) is 0 Å². The Morgan fingerprint density at radius 2 is 2.05 bits per heavy atom. The van der Waals surface area contributed by atoms with Crippen molar-refractivity contribution in [2.45, 2.75) is 19.5 Å². The van der Waals surface area contributed by atoms with Crippen molar-refractivity contribution >= 4 is 11.6 Å². The molecule has 1 heterocycles. The number of hydrogen-bond donors (Lipinski definition) is 2. The Morgan fingerprint density at radius 3 is 2.79 bits per heavy atom. The summed E-state index contributed by atoms with van der Waals surface area (Å²) in [6, 6.07) is 7.86. The van der Waals surface area contributed by atoms with Gasteiger partial charge in [0.05, 0.1) is 18.8 Å². The molecule has 1 aromatic heterocycles. The monoisotopic (exact) mass is 280 g/mol. The summed E-state index contributed by atoms with van der Waals surface area (Å²) in [6.45, 7) is 2.11. The summed E-state index contributed by atoms with van der Waals surface area (Å²) in [6.07, 6.45) is 2.79. The highest BCUT2D eigenvalue weighted by Crippen LogP contribution is 2.09. The summed E-state index contributed by atoms with van der Waals surface area (Å²) >= 11 is 5.83. The third kappa shape index (κ3) is 4.63. The SMILES string of the molecule is OCCn1cc(CNCCc2ccc(Cl)cc2)nn1. The van der Waals surface area contributed by atoms with Crippen molar-refractivity contribution < 1.29 is 5.11 Å². The van der Waals surface area contributed by atoms with Crippen LogP contribution in [0.3, 0.4) is 0 Å². The number of halogens is 1. The molecule has 0 spiro atoms. The number of benzene rings is 1. The van der Waals surface area contributed by atoms with Gasteiger partial charge in [-0.15, -0.1) is 5.10 Å². The predicted octanol–water partition coefficient (Wildman–Crippen LogP) is 1.26.